The number of carboxylic acids is 1. The number of aliphatic carboxylic acids is 1. The number of rotatable bonds is 3. The molecule has 0 fully saturated rings. The predicted molar refractivity (Wildman–Crippen MR) is 53.4 cm³/mol. The molecule has 16 heavy (non-hydrogen) atoms. The van der Waals surface area contributed by atoms with Gasteiger partial charge in [-0.25, -0.2) is 4.68 Å². The summed E-state index contributed by atoms with van der Waals surface area (Å²) < 4.78 is 1.03. The minimum absolute atomic E-state index is 0.0288. The van der Waals surface area contributed by atoms with Gasteiger partial charge in [0.1, 0.15) is 5.52 Å². The molecule has 0 saturated carbocycles. The zero-order valence-corrected chi connectivity index (χ0v) is 8.29. The number of aryl methyl sites for hydroxylation is 1. The van der Waals surface area contributed by atoms with E-state index in [1.807, 2.05) is 0 Å². The van der Waals surface area contributed by atoms with Gasteiger partial charge in [-0.3, -0.25) is 4.79 Å². The molecule has 0 unspecified atom stereocenters. The van der Waals surface area contributed by atoms with Gasteiger partial charge in [-0.15, -0.1) is 5.10 Å². The number of carbonyl (C=O) groups is 1. The van der Waals surface area contributed by atoms with Gasteiger partial charge in [0, 0.05) is 12.4 Å². The lowest BCUT2D eigenvalue weighted by Crippen LogP contribution is -2.29. The highest BCUT2D eigenvalue weighted by atomic mass is 16.4. The molecule has 0 atom stereocenters. The Kier molecular flexibility index (Phi) is 2.63. The largest absolute Gasteiger partial charge is 0.550 e. The average molecular weight is 218 g/mol. The number of hydrogen-bond donors (Lipinski definition) is 0. The van der Waals surface area contributed by atoms with E-state index in [4.69, 9.17) is 0 Å². The molecular formula is C10H8N3O3-. The molecule has 0 aliphatic heterocycles. The fourth-order valence-corrected chi connectivity index (χ4v) is 1.37. The molecule has 0 N–H and O–H groups in total. The van der Waals surface area contributed by atoms with Gasteiger partial charge in [0.15, 0.2) is 0 Å². The Morgan fingerprint density at radius 1 is 1.38 bits per heavy atom. The Morgan fingerprint density at radius 3 is 2.88 bits per heavy atom. The van der Waals surface area contributed by atoms with Crippen molar-refractivity contribution in [2.45, 2.75) is 13.0 Å². The second-order valence-corrected chi connectivity index (χ2v) is 3.26. The van der Waals surface area contributed by atoms with Gasteiger partial charge in [-0.05, 0) is 12.1 Å². The van der Waals surface area contributed by atoms with E-state index in [0.717, 1.165) is 4.68 Å². The molecule has 0 aliphatic carbocycles. The summed E-state index contributed by atoms with van der Waals surface area (Å²) in [5.74, 6) is -1.22. The van der Waals surface area contributed by atoms with Crippen LogP contribution in [0, 0.1) is 0 Å². The van der Waals surface area contributed by atoms with Gasteiger partial charge in [0.2, 0.25) is 0 Å². The third-order valence-corrected chi connectivity index (χ3v) is 2.16. The molecule has 2 aromatic rings. The van der Waals surface area contributed by atoms with Crippen LogP contribution in [0.4, 0.5) is 0 Å². The molecule has 0 aliphatic rings. The number of aromatic nitrogens is 3. The van der Waals surface area contributed by atoms with Crippen molar-refractivity contribution in [1.82, 2.24) is 15.0 Å². The maximum atomic E-state index is 11.8. The molecule has 0 radical (unpaired) electrons. The smallest absolute Gasteiger partial charge is 0.277 e. The van der Waals surface area contributed by atoms with Crippen molar-refractivity contribution in [1.29, 1.82) is 0 Å². The summed E-state index contributed by atoms with van der Waals surface area (Å²) >= 11 is 0. The van der Waals surface area contributed by atoms with Crippen molar-refractivity contribution in [2.75, 3.05) is 0 Å². The van der Waals surface area contributed by atoms with Crippen LogP contribution in [-0.2, 0) is 11.3 Å². The Hall–Kier alpha value is -2.24. The number of fused-ring (bicyclic) bond motifs is 1. The van der Waals surface area contributed by atoms with E-state index in [1.165, 1.54) is 0 Å². The minimum atomic E-state index is -1.22. The number of nitrogens with zero attached hydrogens (tertiary/aromatic N) is 3. The van der Waals surface area contributed by atoms with Crippen molar-refractivity contribution in [3.63, 3.8) is 0 Å². The van der Waals surface area contributed by atoms with E-state index in [2.05, 4.69) is 10.3 Å². The number of carboxylic acid groups (broad SMARTS) is 1. The average Bonchev–Trinajstić information content (AvgIpc) is 2.28. The SMILES string of the molecule is O=C([O-])CCn1nnc2ccccc2c1=O. The zero-order chi connectivity index (χ0) is 11.5. The first kappa shape index (κ1) is 10.3. The number of hydrogen-bond acceptors (Lipinski definition) is 5. The summed E-state index contributed by atoms with van der Waals surface area (Å²) in [5, 5.41) is 18.2. The molecule has 0 bridgehead atoms. The van der Waals surface area contributed by atoms with E-state index in [9.17, 15) is 14.7 Å². The maximum Gasteiger partial charge on any atom is 0.277 e. The molecule has 82 valence electrons. The minimum Gasteiger partial charge on any atom is -0.550 e. The summed E-state index contributed by atoms with van der Waals surface area (Å²) in [5.41, 5.74) is 0.157. The third-order valence-electron chi connectivity index (χ3n) is 2.16. The van der Waals surface area contributed by atoms with Gasteiger partial charge >= 0.3 is 0 Å². The summed E-state index contributed by atoms with van der Waals surface area (Å²) in [7, 11) is 0. The van der Waals surface area contributed by atoms with Crippen molar-refractivity contribution in [3.8, 4) is 0 Å². The van der Waals surface area contributed by atoms with Crippen LogP contribution < -0.4 is 10.7 Å². The van der Waals surface area contributed by atoms with E-state index >= 15 is 0 Å². The second kappa shape index (κ2) is 4.09. The third kappa shape index (κ3) is 1.90. The first-order valence-corrected chi connectivity index (χ1v) is 4.71. The Morgan fingerprint density at radius 2 is 2.12 bits per heavy atom. The fraction of sp³-hybridized carbons (Fsp3) is 0.200. The first-order valence-electron chi connectivity index (χ1n) is 4.71. The second-order valence-electron chi connectivity index (χ2n) is 3.26. The zero-order valence-electron chi connectivity index (χ0n) is 8.29. The van der Waals surface area contributed by atoms with Gasteiger partial charge in [0.05, 0.1) is 11.9 Å². The predicted octanol–water partition coefficient (Wildman–Crippen LogP) is -1.07. The van der Waals surface area contributed by atoms with Crippen LogP contribution in [0.25, 0.3) is 10.9 Å². The lowest BCUT2D eigenvalue weighted by Gasteiger charge is -2.04. The topological polar surface area (TPSA) is 87.9 Å². The van der Waals surface area contributed by atoms with Crippen molar-refractivity contribution in [3.05, 3.63) is 34.6 Å². The first-order chi connectivity index (χ1) is 7.68. The number of benzene rings is 1. The molecule has 0 saturated heterocycles. The Balaban J connectivity index is 2.45. The highest BCUT2D eigenvalue weighted by Gasteiger charge is 2.04. The monoisotopic (exact) mass is 218 g/mol. The molecule has 6 nitrogen and oxygen atoms in total. The van der Waals surface area contributed by atoms with E-state index in [-0.39, 0.29) is 18.5 Å². The molecule has 0 amide bonds. The van der Waals surface area contributed by atoms with E-state index in [0.29, 0.717) is 10.9 Å². The van der Waals surface area contributed by atoms with Gasteiger partial charge < -0.3 is 9.90 Å². The summed E-state index contributed by atoms with van der Waals surface area (Å²) in [6, 6.07) is 6.77. The molecule has 1 heterocycles. The maximum absolute atomic E-state index is 11.8. The summed E-state index contributed by atoms with van der Waals surface area (Å²) in [6.45, 7) is -0.0288. The number of carbonyl (C=O) groups excluding carboxylic acids is 1. The lowest BCUT2D eigenvalue weighted by atomic mass is 10.2. The molecule has 1 aromatic heterocycles. The Labute approximate surface area is 90.1 Å². The summed E-state index contributed by atoms with van der Waals surface area (Å²) in [4.78, 5) is 22.1. The molecule has 6 heteroatoms. The highest BCUT2D eigenvalue weighted by molar-refractivity contribution is 5.76. The lowest BCUT2D eigenvalue weighted by molar-refractivity contribution is -0.306. The van der Waals surface area contributed by atoms with Crippen LogP contribution in [0.1, 0.15) is 6.42 Å². The molecule has 1 aromatic carbocycles. The fourth-order valence-electron chi connectivity index (χ4n) is 1.37. The van der Waals surface area contributed by atoms with Crippen LogP contribution >= 0.6 is 0 Å². The Bertz CT molecular complexity index is 591. The van der Waals surface area contributed by atoms with Crippen LogP contribution in [0.2, 0.25) is 0 Å². The summed E-state index contributed by atoms with van der Waals surface area (Å²) in [6.07, 6.45) is -0.257. The van der Waals surface area contributed by atoms with E-state index in [1.54, 1.807) is 24.3 Å². The molecule has 2 rings (SSSR count). The van der Waals surface area contributed by atoms with Crippen LogP contribution in [0.15, 0.2) is 29.1 Å². The quantitative estimate of drug-likeness (QED) is 0.654. The highest BCUT2D eigenvalue weighted by Crippen LogP contribution is 2.03. The molecule has 0 spiro atoms. The van der Waals surface area contributed by atoms with Crippen LogP contribution in [0.5, 0.6) is 0 Å². The van der Waals surface area contributed by atoms with Crippen LogP contribution in [0.3, 0.4) is 0 Å². The normalized spacial score (nSPS) is 10.5. The van der Waals surface area contributed by atoms with Crippen molar-refractivity contribution in [2.24, 2.45) is 0 Å². The van der Waals surface area contributed by atoms with Gasteiger partial charge in [-0.2, -0.15) is 0 Å². The standard InChI is InChI=1S/C10H9N3O3/c14-9(15)5-6-13-10(16)7-3-1-2-4-8(7)11-12-13/h1-4H,5-6H2,(H,14,15)/p-1. The molecular weight excluding hydrogens is 210 g/mol. The van der Waals surface area contributed by atoms with Crippen molar-refractivity contribution >= 4 is 16.9 Å². The van der Waals surface area contributed by atoms with Crippen LogP contribution in [-0.4, -0.2) is 21.0 Å². The van der Waals surface area contributed by atoms with Crippen molar-refractivity contribution < 1.29 is 9.90 Å². The van der Waals surface area contributed by atoms with Gasteiger partial charge in [-0.1, -0.05) is 17.3 Å². The van der Waals surface area contributed by atoms with E-state index < -0.39 is 5.97 Å². The van der Waals surface area contributed by atoms with Gasteiger partial charge in [0.25, 0.3) is 5.56 Å².